The Bertz CT molecular complexity index is 888. The zero-order valence-electron chi connectivity index (χ0n) is 18.2. The number of nitrogens with zero attached hydrogens (tertiary/aromatic N) is 3. The second-order valence-corrected chi connectivity index (χ2v) is 10.5. The molecule has 0 bridgehead atoms. The number of aryl methyl sites for hydroxylation is 1. The van der Waals surface area contributed by atoms with Gasteiger partial charge in [-0.3, -0.25) is 4.79 Å². The number of aromatic nitrogens is 2. The molecule has 0 radical (unpaired) electrons. The van der Waals surface area contributed by atoms with E-state index in [0.717, 1.165) is 23.7 Å². The van der Waals surface area contributed by atoms with Crippen molar-refractivity contribution in [2.45, 2.75) is 65.3 Å². The third-order valence-electron chi connectivity index (χ3n) is 8.90. The smallest absolute Gasteiger partial charge is 0.246 e. The fourth-order valence-corrected chi connectivity index (χ4v) is 7.53. The van der Waals surface area contributed by atoms with Gasteiger partial charge in [-0.1, -0.05) is 32.4 Å². The third kappa shape index (κ3) is 2.82. The molecule has 1 amide bonds. The Hall–Kier alpha value is -1.97. The maximum Gasteiger partial charge on any atom is 0.246 e. The molecule has 0 N–H and O–H groups in total. The van der Waals surface area contributed by atoms with E-state index in [2.05, 4.69) is 36.0 Å². The molecule has 1 aliphatic heterocycles. The normalized spacial score (nSPS) is 42.6. The molecule has 0 spiro atoms. The first-order valence-electron chi connectivity index (χ1n) is 11.3. The Balaban J connectivity index is 1.61. The molecule has 3 aliphatic carbocycles. The van der Waals surface area contributed by atoms with Gasteiger partial charge in [-0.25, -0.2) is 9.97 Å². The van der Waals surface area contributed by atoms with E-state index < -0.39 is 0 Å². The summed E-state index contributed by atoms with van der Waals surface area (Å²) in [7, 11) is 1.98. The van der Waals surface area contributed by atoms with E-state index in [1.807, 2.05) is 37.3 Å². The van der Waals surface area contributed by atoms with Crippen LogP contribution in [0.4, 0.5) is 0 Å². The van der Waals surface area contributed by atoms with E-state index in [1.165, 1.54) is 37.7 Å². The van der Waals surface area contributed by atoms with Crippen LogP contribution in [0.25, 0.3) is 6.08 Å². The second-order valence-electron chi connectivity index (χ2n) is 10.5. The lowest BCUT2D eigenvalue weighted by Gasteiger charge is -2.60. The minimum atomic E-state index is 0.00683. The van der Waals surface area contributed by atoms with Crippen LogP contribution in [0.15, 0.2) is 30.1 Å². The van der Waals surface area contributed by atoms with E-state index in [9.17, 15) is 4.79 Å². The van der Waals surface area contributed by atoms with Crippen molar-refractivity contribution >= 4 is 12.0 Å². The average Bonchev–Trinajstić information content (AvgIpc) is 3.09. The van der Waals surface area contributed by atoms with Gasteiger partial charge >= 0.3 is 0 Å². The lowest BCUT2D eigenvalue weighted by atomic mass is 9.47. The highest BCUT2D eigenvalue weighted by atomic mass is 16.2. The lowest BCUT2D eigenvalue weighted by Crippen LogP contribution is -2.60. The SMILES string of the molecule is Cc1ncc(C=C2C[C@H]3[C@@H]4CCC[C@@]4(C)CC[C@@H]3[C@@]3(C)C=CC(=O)N(C)[C@H]23)cn1. The maximum atomic E-state index is 12.6. The molecule has 0 unspecified atom stereocenters. The van der Waals surface area contributed by atoms with Gasteiger partial charge < -0.3 is 4.90 Å². The number of hydrogen-bond acceptors (Lipinski definition) is 3. The van der Waals surface area contributed by atoms with Gasteiger partial charge in [-0.2, -0.15) is 0 Å². The van der Waals surface area contributed by atoms with Crippen molar-refractivity contribution in [2.24, 2.45) is 28.6 Å². The Morgan fingerprint density at radius 3 is 2.66 bits per heavy atom. The van der Waals surface area contributed by atoms with Crippen LogP contribution < -0.4 is 0 Å². The Kier molecular flexibility index (Phi) is 4.27. The number of amides is 1. The maximum absolute atomic E-state index is 12.6. The van der Waals surface area contributed by atoms with E-state index in [1.54, 1.807) is 0 Å². The summed E-state index contributed by atoms with van der Waals surface area (Å²) in [5, 5.41) is 0. The number of carbonyl (C=O) groups excluding carboxylic acids is 1. The van der Waals surface area contributed by atoms with Crippen molar-refractivity contribution in [1.29, 1.82) is 0 Å². The van der Waals surface area contributed by atoms with Crippen molar-refractivity contribution in [2.75, 3.05) is 7.05 Å². The molecule has 3 saturated carbocycles. The second kappa shape index (κ2) is 6.52. The molecular weight excluding hydrogens is 358 g/mol. The summed E-state index contributed by atoms with van der Waals surface area (Å²) in [6.07, 6.45) is 18.1. The van der Waals surface area contributed by atoms with Crippen LogP contribution in [0.1, 0.15) is 63.8 Å². The first-order valence-corrected chi connectivity index (χ1v) is 11.3. The summed E-state index contributed by atoms with van der Waals surface area (Å²) in [4.78, 5) is 23.4. The molecule has 1 aromatic heterocycles. The molecule has 6 atom stereocenters. The van der Waals surface area contributed by atoms with E-state index in [0.29, 0.717) is 17.3 Å². The molecule has 0 aromatic carbocycles. The van der Waals surface area contributed by atoms with Gasteiger partial charge in [-0.05, 0) is 73.8 Å². The highest BCUT2D eigenvalue weighted by molar-refractivity contribution is 5.89. The predicted octanol–water partition coefficient (Wildman–Crippen LogP) is 4.81. The van der Waals surface area contributed by atoms with Gasteiger partial charge in [-0.15, -0.1) is 0 Å². The third-order valence-corrected chi connectivity index (χ3v) is 8.90. The van der Waals surface area contributed by atoms with Crippen LogP contribution >= 0.6 is 0 Å². The largest absolute Gasteiger partial charge is 0.335 e. The quantitative estimate of drug-likeness (QED) is 0.690. The summed E-state index contributed by atoms with van der Waals surface area (Å²) in [6, 6.07) is 0.133. The monoisotopic (exact) mass is 391 g/mol. The molecule has 4 heteroatoms. The highest BCUT2D eigenvalue weighted by Gasteiger charge is 2.59. The summed E-state index contributed by atoms with van der Waals surface area (Å²) >= 11 is 0. The van der Waals surface area contributed by atoms with Crippen molar-refractivity contribution in [3.63, 3.8) is 0 Å². The topological polar surface area (TPSA) is 46.1 Å². The molecule has 1 aromatic rings. The van der Waals surface area contributed by atoms with Gasteiger partial charge in [0, 0.05) is 30.4 Å². The number of carbonyl (C=O) groups is 1. The van der Waals surface area contributed by atoms with Crippen LogP contribution in [0.2, 0.25) is 0 Å². The fourth-order valence-electron chi connectivity index (χ4n) is 7.53. The van der Waals surface area contributed by atoms with Crippen molar-refractivity contribution in [3.05, 3.63) is 41.5 Å². The zero-order valence-corrected chi connectivity index (χ0v) is 18.2. The van der Waals surface area contributed by atoms with E-state index >= 15 is 0 Å². The fraction of sp³-hybridized carbons (Fsp3) is 0.640. The minimum Gasteiger partial charge on any atom is -0.335 e. The molecular formula is C25H33N3O. The molecule has 29 heavy (non-hydrogen) atoms. The van der Waals surface area contributed by atoms with Crippen LogP contribution in [-0.2, 0) is 4.79 Å². The van der Waals surface area contributed by atoms with Crippen LogP contribution in [-0.4, -0.2) is 33.9 Å². The Morgan fingerprint density at radius 2 is 1.90 bits per heavy atom. The van der Waals surface area contributed by atoms with E-state index in [-0.39, 0.29) is 17.4 Å². The summed E-state index contributed by atoms with van der Waals surface area (Å²) in [5.41, 5.74) is 2.96. The zero-order chi connectivity index (χ0) is 20.4. The Morgan fingerprint density at radius 1 is 1.14 bits per heavy atom. The number of likely N-dealkylation sites (N-methyl/N-ethyl adjacent to an activating group) is 1. The average molecular weight is 392 g/mol. The van der Waals surface area contributed by atoms with Crippen molar-refractivity contribution in [3.8, 4) is 0 Å². The summed E-state index contributed by atoms with van der Waals surface area (Å²) < 4.78 is 0. The molecule has 4 aliphatic rings. The van der Waals surface area contributed by atoms with Gasteiger partial charge in [0.1, 0.15) is 5.82 Å². The summed E-state index contributed by atoms with van der Waals surface area (Å²) in [5.74, 6) is 3.09. The van der Waals surface area contributed by atoms with Crippen LogP contribution in [0.5, 0.6) is 0 Å². The molecule has 154 valence electrons. The van der Waals surface area contributed by atoms with Crippen LogP contribution in [0.3, 0.4) is 0 Å². The minimum absolute atomic E-state index is 0.00683. The van der Waals surface area contributed by atoms with Gasteiger partial charge in [0.15, 0.2) is 0 Å². The molecule has 3 fully saturated rings. The summed E-state index contributed by atoms with van der Waals surface area (Å²) in [6.45, 7) is 6.87. The number of fused-ring (bicyclic) bond motifs is 5. The van der Waals surface area contributed by atoms with Gasteiger partial charge in [0.2, 0.25) is 5.91 Å². The Labute approximate surface area is 174 Å². The lowest BCUT2D eigenvalue weighted by molar-refractivity contribution is -0.133. The first-order chi connectivity index (χ1) is 13.8. The van der Waals surface area contributed by atoms with E-state index in [4.69, 9.17) is 0 Å². The van der Waals surface area contributed by atoms with Gasteiger partial charge in [0.05, 0.1) is 6.04 Å². The van der Waals surface area contributed by atoms with Gasteiger partial charge in [0.25, 0.3) is 0 Å². The number of hydrogen-bond donors (Lipinski definition) is 0. The van der Waals surface area contributed by atoms with Crippen molar-refractivity contribution in [1.82, 2.24) is 14.9 Å². The number of rotatable bonds is 1. The molecule has 0 saturated heterocycles. The first kappa shape index (κ1) is 19.0. The highest BCUT2D eigenvalue weighted by Crippen LogP contribution is 2.64. The van der Waals surface area contributed by atoms with Crippen molar-refractivity contribution < 1.29 is 4.79 Å². The molecule has 2 heterocycles. The standard InChI is InChI=1S/C25H33N3O/c1-16-26-14-17(15-27-16)12-18-13-19-20-6-5-9-24(20,2)10-7-21(19)25(3)11-8-22(29)28(4)23(18)25/h8,11-12,14-15,19-21,23H,5-7,9-10,13H2,1-4H3/t19-,20-,21-,23+,24-,25+/m0/s1. The molecule has 4 nitrogen and oxygen atoms in total. The predicted molar refractivity (Wildman–Crippen MR) is 115 cm³/mol. The molecule has 5 rings (SSSR count). The van der Waals surface area contributed by atoms with Crippen LogP contribution in [0, 0.1) is 35.5 Å².